The predicted molar refractivity (Wildman–Crippen MR) is 104 cm³/mol. The number of sulfonamides is 1. The first kappa shape index (κ1) is 21.3. The van der Waals surface area contributed by atoms with Crippen molar-refractivity contribution in [1.29, 1.82) is 0 Å². The zero-order valence-corrected chi connectivity index (χ0v) is 16.8. The highest BCUT2D eigenvalue weighted by Crippen LogP contribution is 2.16. The zero-order chi connectivity index (χ0) is 20.0. The summed E-state index contributed by atoms with van der Waals surface area (Å²) in [5, 5.41) is 5.82. The molecule has 0 spiro atoms. The van der Waals surface area contributed by atoms with E-state index < -0.39 is 16.1 Å². The Hall–Kier alpha value is -1.97. The van der Waals surface area contributed by atoms with Crippen molar-refractivity contribution in [2.75, 3.05) is 25.0 Å². The van der Waals surface area contributed by atoms with Crippen LogP contribution in [0.25, 0.3) is 0 Å². The van der Waals surface area contributed by atoms with E-state index >= 15 is 0 Å². The van der Waals surface area contributed by atoms with Crippen LogP contribution in [-0.4, -0.2) is 56.9 Å². The van der Waals surface area contributed by atoms with E-state index in [9.17, 15) is 18.0 Å². The third-order valence-electron chi connectivity index (χ3n) is 4.41. The van der Waals surface area contributed by atoms with Gasteiger partial charge in [-0.2, -0.15) is 4.72 Å². The smallest absolute Gasteiger partial charge is 0.241 e. The Morgan fingerprint density at radius 2 is 1.96 bits per heavy atom. The van der Waals surface area contributed by atoms with Crippen LogP contribution in [-0.2, 0) is 19.6 Å². The lowest BCUT2D eigenvalue weighted by atomic mass is 10.1. The summed E-state index contributed by atoms with van der Waals surface area (Å²) in [6.07, 6.45) is 1.68. The van der Waals surface area contributed by atoms with Crippen LogP contribution in [0.3, 0.4) is 0 Å². The lowest BCUT2D eigenvalue weighted by molar-refractivity contribution is -0.134. The van der Waals surface area contributed by atoms with Gasteiger partial charge in [0, 0.05) is 31.7 Å². The van der Waals surface area contributed by atoms with Gasteiger partial charge in [0.2, 0.25) is 21.8 Å². The largest absolute Gasteiger partial charge is 0.337 e. The van der Waals surface area contributed by atoms with Gasteiger partial charge in [-0.3, -0.25) is 9.59 Å². The minimum atomic E-state index is -3.85. The molecule has 1 heterocycles. The third kappa shape index (κ3) is 5.75. The van der Waals surface area contributed by atoms with Gasteiger partial charge in [-0.25, -0.2) is 8.42 Å². The number of benzene rings is 1. The molecule has 2 unspecified atom stereocenters. The molecule has 1 saturated heterocycles. The van der Waals surface area contributed by atoms with E-state index in [-0.39, 0.29) is 22.8 Å². The van der Waals surface area contributed by atoms with Gasteiger partial charge >= 0.3 is 0 Å². The normalized spacial score (nSPS) is 18.1. The first-order valence-electron chi connectivity index (χ1n) is 9.15. The van der Waals surface area contributed by atoms with E-state index in [4.69, 9.17) is 0 Å². The molecule has 1 aliphatic rings. The van der Waals surface area contributed by atoms with Crippen molar-refractivity contribution in [2.45, 2.75) is 50.6 Å². The fraction of sp³-hybridized carbons (Fsp3) is 0.556. The van der Waals surface area contributed by atoms with Crippen molar-refractivity contribution >= 4 is 27.5 Å². The van der Waals surface area contributed by atoms with Crippen LogP contribution >= 0.6 is 0 Å². The van der Waals surface area contributed by atoms with Crippen LogP contribution in [0.2, 0.25) is 0 Å². The van der Waals surface area contributed by atoms with E-state index in [1.54, 1.807) is 11.8 Å². The molecule has 2 rings (SSSR count). The van der Waals surface area contributed by atoms with Gasteiger partial charge in [-0.15, -0.1) is 0 Å². The zero-order valence-electron chi connectivity index (χ0n) is 16.0. The molecule has 1 aromatic carbocycles. The maximum absolute atomic E-state index is 12.8. The molecule has 8 nitrogen and oxygen atoms in total. The number of nitrogens with one attached hydrogen (secondary N) is 3. The number of hydrogen-bond donors (Lipinski definition) is 3. The molecule has 2 atom stereocenters. The minimum Gasteiger partial charge on any atom is -0.337 e. The van der Waals surface area contributed by atoms with Crippen molar-refractivity contribution < 1.29 is 18.0 Å². The molecule has 9 heteroatoms. The van der Waals surface area contributed by atoms with E-state index in [1.807, 2.05) is 6.92 Å². The second-order valence-corrected chi connectivity index (χ2v) is 8.44. The molecule has 0 saturated carbocycles. The average Bonchev–Trinajstić information content (AvgIpc) is 3.13. The lowest BCUT2D eigenvalue weighted by Crippen LogP contribution is -2.51. The maximum Gasteiger partial charge on any atom is 0.241 e. The summed E-state index contributed by atoms with van der Waals surface area (Å²) in [7, 11) is -3.85. The Balaban J connectivity index is 2.08. The van der Waals surface area contributed by atoms with Crippen molar-refractivity contribution in [3.05, 3.63) is 24.3 Å². The molecule has 2 amide bonds. The number of hydrogen-bond acceptors (Lipinski definition) is 5. The Labute approximate surface area is 160 Å². The Bertz CT molecular complexity index is 758. The summed E-state index contributed by atoms with van der Waals surface area (Å²) < 4.78 is 27.7. The monoisotopic (exact) mass is 396 g/mol. The number of carbonyl (C=O) groups excluding carboxylic acids is 2. The molecule has 27 heavy (non-hydrogen) atoms. The summed E-state index contributed by atoms with van der Waals surface area (Å²) in [6, 6.07) is 5.05. The highest BCUT2D eigenvalue weighted by Gasteiger charge is 2.31. The van der Waals surface area contributed by atoms with E-state index in [0.29, 0.717) is 12.2 Å². The summed E-state index contributed by atoms with van der Waals surface area (Å²) in [5.41, 5.74) is 0.508. The number of carbonyl (C=O) groups is 2. The van der Waals surface area contributed by atoms with Crippen molar-refractivity contribution in [2.24, 2.45) is 0 Å². The van der Waals surface area contributed by atoms with Gasteiger partial charge < -0.3 is 15.5 Å². The van der Waals surface area contributed by atoms with Crippen LogP contribution in [0.15, 0.2) is 29.2 Å². The minimum absolute atomic E-state index is 0.0424. The van der Waals surface area contributed by atoms with Crippen LogP contribution in [0.1, 0.15) is 33.6 Å². The van der Waals surface area contributed by atoms with Crippen molar-refractivity contribution in [3.63, 3.8) is 0 Å². The Kier molecular flexibility index (Phi) is 7.34. The quantitative estimate of drug-likeness (QED) is 0.605. The average molecular weight is 397 g/mol. The van der Waals surface area contributed by atoms with E-state index in [2.05, 4.69) is 15.4 Å². The lowest BCUT2D eigenvalue weighted by Gasteiger charge is -2.31. The Morgan fingerprint density at radius 3 is 2.48 bits per heavy atom. The highest BCUT2D eigenvalue weighted by molar-refractivity contribution is 7.89. The predicted octanol–water partition coefficient (Wildman–Crippen LogP) is 0.912. The second kappa shape index (κ2) is 9.29. The molecule has 3 N–H and O–H groups in total. The van der Waals surface area contributed by atoms with Gasteiger partial charge in [-0.05, 0) is 50.6 Å². The third-order valence-corrected chi connectivity index (χ3v) is 5.97. The van der Waals surface area contributed by atoms with Crippen LogP contribution in [0, 0.1) is 0 Å². The summed E-state index contributed by atoms with van der Waals surface area (Å²) in [5.74, 6) is -0.454. The number of rotatable bonds is 8. The fourth-order valence-electron chi connectivity index (χ4n) is 3.14. The second-order valence-electron chi connectivity index (χ2n) is 6.73. The van der Waals surface area contributed by atoms with E-state index in [1.165, 1.54) is 31.2 Å². The standard InChI is InChI=1S/C18H28N4O4S/c1-4-11-22(16-9-10-19-12-16)18(24)13(2)21-27(25,26)17-7-5-15(6-8-17)20-14(3)23/h5-8,13,16,19,21H,4,9-12H2,1-3H3,(H,20,23). The van der Waals surface area contributed by atoms with Gasteiger partial charge in [-0.1, -0.05) is 6.92 Å². The van der Waals surface area contributed by atoms with Gasteiger partial charge in [0.05, 0.1) is 10.9 Å². The van der Waals surface area contributed by atoms with Crippen molar-refractivity contribution in [3.8, 4) is 0 Å². The molecule has 150 valence electrons. The van der Waals surface area contributed by atoms with Crippen LogP contribution in [0.4, 0.5) is 5.69 Å². The molecule has 0 aliphatic carbocycles. The molecule has 0 aromatic heterocycles. The molecular formula is C18H28N4O4S. The molecule has 0 bridgehead atoms. The highest BCUT2D eigenvalue weighted by atomic mass is 32.2. The Morgan fingerprint density at radius 1 is 1.30 bits per heavy atom. The number of anilines is 1. The van der Waals surface area contributed by atoms with Gasteiger partial charge in [0.15, 0.2) is 0 Å². The van der Waals surface area contributed by atoms with Gasteiger partial charge in [0.1, 0.15) is 0 Å². The topological polar surface area (TPSA) is 108 Å². The molecular weight excluding hydrogens is 368 g/mol. The number of amides is 2. The molecule has 0 radical (unpaired) electrons. The summed E-state index contributed by atoms with van der Waals surface area (Å²) in [6.45, 7) is 7.13. The SMILES string of the molecule is CCCN(C(=O)C(C)NS(=O)(=O)c1ccc(NC(C)=O)cc1)C1CCNC1. The molecule has 1 aliphatic heterocycles. The van der Waals surface area contributed by atoms with E-state index in [0.717, 1.165) is 25.9 Å². The number of nitrogens with zero attached hydrogens (tertiary/aromatic N) is 1. The van der Waals surface area contributed by atoms with Crippen LogP contribution < -0.4 is 15.4 Å². The maximum atomic E-state index is 12.8. The van der Waals surface area contributed by atoms with Crippen molar-refractivity contribution in [1.82, 2.24) is 14.9 Å². The summed E-state index contributed by atoms with van der Waals surface area (Å²) in [4.78, 5) is 25.7. The first-order chi connectivity index (χ1) is 12.7. The fourth-order valence-corrected chi connectivity index (χ4v) is 4.34. The molecule has 1 aromatic rings. The van der Waals surface area contributed by atoms with Gasteiger partial charge in [0.25, 0.3) is 0 Å². The molecule has 1 fully saturated rings. The summed E-state index contributed by atoms with van der Waals surface area (Å²) >= 11 is 0. The first-order valence-corrected chi connectivity index (χ1v) is 10.6. The van der Waals surface area contributed by atoms with Crippen LogP contribution in [0.5, 0.6) is 0 Å².